The summed E-state index contributed by atoms with van der Waals surface area (Å²) in [7, 11) is 0. The fourth-order valence-electron chi connectivity index (χ4n) is 0.964. The van der Waals surface area contributed by atoms with Crippen LogP contribution in [0.1, 0.15) is 27.7 Å². The molecule has 0 saturated heterocycles. The molecule has 2 nitrogen and oxygen atoms in total. The Morgan fingerprint density at radius 3 is 0.941 bits per heavy atom. The predicted octanol–water partition coefficient (Wildman–Crippen LogP) is 2.32. The summed E-state index contributed by atoms with van der Waals surface area (Å²) in [5, 5.41) is 0. The summed E-state index contributed by atoms with van der Waals surface area (Å²) in [4.78, 5) is 3.93. The smallest absolute Gasteiger partial charge is 0.0133 e. The predicted molar refractivity (Wildman–Crippen MR) is 85.8 cm³/mol. The quantitative estimate of drug-likeness (QED) is 0.335. The van der Waals surface area contributed by atoms with Crippen LogP contribution in [0.15, 0.2) is 0 Å². The SMILES string of the molecule is CCN(CC)C(=S)[S-].CCN(CC)C(=S)[S-].[Au]. The molecular weight excluding hydrogens is 473 g/mol. The van der Waals surface area contributed by atoms with Crippen molar-refractivity contribution >= 4 is 58.3 Å². The maximum absolute atomic E-state index is 4.76. The number of nitrogens with zero attached hydrogens (tertiary/aromatic N) is 2. The summed E-state index contributed by atoms with van der Waals surface area (Å²) in [5.41, 5.74) is 0. The van der Waals surface area contributed by atoms with Crippen LogP contribution in [0.25, 0.3) is 0 Å². The molecule has 0 bridgehead atoms. The van der Waals surface area contributed by atoms with Crippen LogP contribution in [0.2, 0.25) is 0 Å². The molecule has 0 rings (SSSR count). The maximum atomic E-state index is 4.76. The van der Waals surface area contributed by atoms with Gasteiger partial charge in [-0.1, -0.05) is 8.64 Å². The van der Waals surface area contributed by atoms with Gasteiger partial charge in [-0.25, -0.2) is 0 Å². The fraction of sp³-hybridized carbons (Fsp3) is 0.800. The monoisotopic (exact) mass is 493 g/mol. The molecule has 0 aliphatic heterocycles. The zero-order valence-electron chi connectivity index (χ0n) is 10.7. The number of hydrogen-bond donors (Lipinski definition) is 0. The molecule has 0 saturated carbocycles. The van der Waals surface area contributed by atoms with Crippen LogP contribution >= 0.6 is 24.4 Å². The molecule has 7 heteroatoms. The first kappa shape index (κ1) is 23.1. The van der Waals surface area contributed by atoms with Gasteiger partial charge < -0.3 is 59.5 Å². The van der Waals surface area contributed by atoms with Gasteiger partial charge in [0.05, 0.1) is 0 Å². The summed E-state index contributed by atoms with van der Waals surface area (Å²) < 4.78 is 1.16. The first-order chi connectivity index (χ1) is 7.44. The van der Waals surface area contributed by atoms with Crippen molar-refractivity contribution in [1.82, 2.24) is 9.80 Å². The van der Waals surface area contributed by atoms with Gasteiger partial charge in [-0.2, -0.15) is 0 Å². The van der Waals surface area contributed by atoms with Crippen LogP contribution < -0.4 is 0 Å². The minimum atomic E-state index is 0. The van der Waals surface area contributed by atoms with Crippen molar-refractivity contribution in [3.05, 3.63) is 0 Å². The molecule has 0 aromatic heterocycles. The van der Waals surface area contributed by atoms with Crippen LogP contribution in [0.3, 0.4) is 0 Å². The van der Waals surface area contributed by atoms with Crippen molar-refractivity contribution in [1.29, 1.82) is 0 Å². The van der Waals surface area contributed by atoms with Gasteiger partial charge in [0.1, 0.15) is 0 Å². The summed E-state index contributed by atoms with van der Waals surface area (Å²) in [6, 6.07) is 0. The Bertz CT molecular complexity index is 184. The summed E-state index contributed by atoms with van der Waals surface area (Å²) in [5.74, 6) is 0. The Morgan fingerprint density at radius 1 is 0.765 bits per heavy atom. The Hall–Kier alpha value is 0.960. The molecular formula is C10H20AuN2S4-2. The molecule has 0 aliphatic carbocycles. The van der Waals surface area contributed by atoms with Crippen molar-refractivity contribution in [2.75, 3.05) is 26.2 Å². The standard InChI is InChI=1S/2C5H11NS2.Au/c2*1-3-6(4-2)5(7)8;/h2*3-4H2,1-2H3,(H,7,8);/p-2. The molecule has 0 fully saturated rings. The van der Waals surface area contributed by atoms with Crippen LogP contribution in [-0.2, 0) is 47.6 Å². The topological polar surface area (TPSA) is 6.48 Å². The molecule has 0 amide bonds. The largest absolute Gasteiger partial charge is 0.411 e. The first-order valence-corrected chi connectivity index (χ1v) is 6.99. The second-order valence-corrected chi connectivity index (χ2v) is 4.94. The van der Waals surface area contributed by atoms with E-state index in [9.17, 15) is 0 Å². The van der Waals surface area contributed by atoms with E-state index in [4.69, 9.17) is 49.7 Å². The Kier molecular flexibility index (Phi) is 20.4. The number of thiocarbonyl (C=S) groups is 2. The Balaban J connectivity index is -0.000000218. The fourth-order valence-corrected chi connectivity index (χ4v) is 2.00. The summed E-state index contributed by atoms with van der Waals surface area (Å²) in [6.07, 6.45) is 0. The van der Waals surface area contributed by atoms with Crippen molar-refractivity contribution in [2.24, 2.45) is 0 Å². The van der Waals surface area contributed by atoms with E-state index < -0.39 is 0 Å². The third-order valence-electron chi connectivity index (χ3n) is 2.04. The van der Waals surface area contributed by atoms with Crippen LogP contribution in [0.5, 0.6) is 0 Å². The van der Waals surface area contributed by atoms with Crippen LogP contribution in [0.4, 0.5) is 0 Å². The molecule has 0 aromatic rings. The molecule has 0 unspecified atom stereocenters. The van der Waals surface area contributed by atoms with Gasteiger partial charge in [-0.3, -0.25) is 0 Å². The zero-order chi connectivity index (χ0) is 13.1. The van der Waals surface area contributed by atoms with Gasteiger partial charge in [0.25, 0.3) is 0 Å². The molecule has 0 aromatic carbocycles. The van der Waals surface area contributed by atoms with E-state index in [1.165, 1.54) is 0 Å². The second-order valence-electron chi connectivity index (χ2n) is 2.88. The molecule has 0 heterocycles. The molecule has 0 atom stereocenters. The van der Waals surface area contributed by atoms with E-state index in [1.54, 1.807) is 0 Å². The van der Waals surface area contributed by atoms with Gasteiger partial charge >= 0.3 is 0 Å². The van der Waals surface area contributed by atoms with Gasteiger partial charge in [-0.15, -0.1) is 0 Å². The van der Waals surface area contributed by atoms with Gasteiger partial charge in [0, 0.05) is 48.6 Å². The van der Waals surface area contributed by atoms with Crippen molar-refractivity contribution < 1.29 is 22.4 Å². The maximum Gasteiger partial charge on any atom is 0.0133 e. The van der Waals surface area contributed by atoms with Crippen molar-refractivity contribution in [3.63, 3.8) is 0 Å². The van der Waals surface area contributed by atoms with Crippen LogP contribution in [0, 0.1) is 0 Å². The summed E-state index contributed by atoms with van der Waals surface area (Å²) in [6.45, 7) is 11.9. The van der Waals surface area contributed by atoms with E-state index in [0.29, 0.717) is 8.64 Å². The number of hydrogen-bond acceptors (Lipinski definition) is 4. The van der Waals surface area contributed by atoms with E-state index >= 15 is 0 Å². The van der Waals surface area contributed by atoms with E-state index in [1.807, 2.05) is 37.5 Å². The molecule has 0 N–H and O–H groups in total. The number of rotatable bonds is 4. The van der Waals surface area contributed by atoms with E-state index in [2.05, 4.69) is 0 Å². The van der Waals surface area contributed by atoms with E-state index in [0.717, 1.165) is 26.2 Å². The third kappa shape index (κ3) is 13.2. The average Bonchev–Trinajstić information content (AvgIpc) is 2.21. The molecule has 0 aliphatic rings. The second kappa shape index (κ2) is 15.0. The molecule has 0 spiro atoms. The average molecular weight is 494 g/mol. The first-order valence-electron chi connectivity index (χ1n) is 5.36. The normalized spacial score (nSPS) is 8.24. The van der Waals surface area contributed by atoms with Gasteiger partial charge in [0.2, 0.25) is 0 Å². The minimum Gasteiger partial charge on any atom is -0.411 e. The van der Waals surface area contributed by atoms with Crippen molar-refractivity contribution in [2.45, 2.75) is 27.7 Å². The van der Waals surface area contributed by atoms with E-state index in [-0.39, 0.29) is 22.4 Å². The van der Waals surface area contributed by atoms with Gasteiger partial charge in [0.15, 0.2) is 0 Å². The zero-order valence-corrected chi connectivity index (χ0v) is 16.1. The molecule has 17 heavy (non-hydrogen) atoms. The third-order valence-corrected chi connectivity index (χ3v) is 3.08. The summed E-state index contributed by atoms with van der Waals surface area (Å²) >= 11 is 19.0. The van der Waals surface area contributed by atoms with Crippen LogP contribution in [-0.4, -0.2) is 44.6 Å². The van der Waals surface area contributed by atoms with Crippen molar-refractivity contribution in [3.8, 4) is 0 Å². The molecule has 1 radical (unpaired) electrons. The Labute approximate surface area is 143 Å². The molecule has 107 valence electrons. The van der Waals surface area contributed by atoms with Gasteiger partial charge in [-0.05, 0) is 27.7 Å². The minimum absolute atomic E-state index is 0. The Morgan fingerprint density at radius 2 is 0.941 bits per heavy atom.